The molecule has 0 aromatic carbocycles. The Hall–Kier alpha value is -2.82. The lowest BCUT2D eigenvalue weighted by Crippen LogP contribution is -2.34. The number of phosphoric ester groups is 1. The van der Waals surface area contributed by atoms with E-state index in [0.29, 0.717) is 12.8 Å². The lowest BCUT2D eigenvalue weighted by atomic mass is 10.1. The van der Waals surface area contributed by atoms with Crippen molar-refractivity contribution in [3.05, 3.63) is 60.8 Å². The molecular formula is C46H80NO10P. The minimum atomic E-state index is -4.73. The molecule has 0 aromatic heterocycles. The number of esters is 2. The molecule has 58 heavy (non-hydrogen) atoms. The Bertz CT molecular complexity index is 1210. The van der Waals surface area contributed by atoms with Gasteiger partial charge in [-0.05, 0) is 77.0 Å². The molecule has 0 amide bonds. The second kappa shape index (κ2) is 40.9. The molecule has 0 fully saturated rings. The van der Waals surface area contributed by atoms with Crippen LogP contribution in [0.4, 0.5) is 0 Å². The summed E-state index contributed by atoms with van der Waals surface area (Å²) in [5, 5.41) is 8.89. The normalized spacial score (nSPS) is 14.3. The van der Waals surface area contributed by atoms with Crippen molar-refractivity contribution in [3.8, 4) is 0 Å². The number of carbonyl (C=O) groups is 3. The van der Waals surface area contributed by atoms with Gasteiger partial charge >= 0.3 is 25.7 Å². The molecule has 0 rings (SSSR count). The Balaban J connectivity index is 4.41. The lowest BCUT2D eigenvalue weighted by Gasteiger charge is -2.20. The molecule has 1 unspecified atom stereocenters. The van der Waals surface area contributed by atoms with Crippen molar-refractivity contribution in [2.24, 2.45) is 5.73 Å². The minimum absolute atomic E-state index is 0.149. The van der Waals surface area contributed by atoms with E-state index in [2.05, 4.69) is 79.1 Å². The highest BCUT2D eigenvalue weighted by atomic mass is 31.2. The first-order valence-corrected chi connectivity index (χ1v) is 23.8. The van der Waals surface area contributed by atoms with Gasteiger partial charge in [0, 0.05) is 12.8 Å². The summed E-state index contributed by atoms with van der Waals surface area (Å²) in [7, 11) is -4.73. The SMILES string of the molecule is CCCC/C=C/CCCCCCCCCCCC(=O)O[C@H](COC(=O)CCCCC/C=C/C/C=C/C/C=C/C/C=C/CCCCC)COP(=O)(O)OC[C@H](N)C(=O)O. The third kappa shape index (κ3) is 40.0. The van der Waals surface area contributed by atoms with Gasteiger partial charge in [-0.3, -0.25) is 23.4 Å². The number of hydrogen-bond donors (Lipinski definition) is 3. The predicted octanol–water partition coefficient (Wildman–Crippen LogP) is 12.0. The number of hydrogen-bond acceptors (Lipinski definition) is 9. The summed E-state index contributed by atoms with van der Waals surface area (Å²) in [6.07, 6.45) is 47.1. The number of carboxylic acids is 1. The van der Waals surface area contributed by atoms with Crippen LogP contribution in [0.15, 0.2) is 60.8 Å². The average molecular weight is 838 g/mol. The van der Waals surface area contributed by atoms with Crippen LogP contribution in [0.25, 0.3) is 0 Å². The molecule has 0 saturated carbocycles. The fraction of sp³-hybridized carbons (Fsp3) is 0.717. The topological polar surface area (TPSA) is 172 Å². The zero-order valence-electron chi connectivity index (χ0n) is 36.1. The average Bonchev–Trinajstić information content (AvgIpc) is 3.20. The summed E-state index contributed by atoms with van der Waals surface area (Å²) < 4.78 is 32.7. The number of unbranched alkanes of at least 4 members (excludes halogenated alkanes) is 17. The molecule has 0 radical (unpaired) electrons. The van der Waals surface area contributed by atoms with Crippen LogP contribution in [0.5, 0.6) is 0 Å². The standard InChI is InChI=1S/C46H80NO10P/c1-3-5-7-9-11-13-15-17-19-20-21-22-24-25-27-29-31-33-35-37-44(48)54-39-42(40-55-58(52,53)56-41-43(47)46(50)51)57-45(49)38-36-34-32-30-28-26-23-18-16-14-12-10-8-6-4-2/h10-13,17,19,21-22,25,27,42-43H,3-9,14-16,18,20,23-24,26,28-41,47H2,1-2H3,(H,50,51)(H,52,53)/b12-10+,13-11+,19-17+,22-21+,27-25+/t42-,43+/m1/s1. The van der Waals surface area contributed by atoms with E-state index in [1.165, 1.54) is 77.0 Å². The first-order valence-electron chi connectivity index (χ1n) is 22.3. The monoisotopic (exact) mass is 838 g/mol. The molecule has 0 aliphatic heterocycles. The number of ether oxygens (including phenoxy) is 2. The predicted molar refractivity (Wildman–Crippen MR) is 235 cm³/mol. The maximum absolute atomic E-state index is 12.6. The van der Waals surface area contributed by atoms with Crippen LogP contribution in [0.2, 0.25) is 0 Å². The number of allylic oxidation sites excluding steroid dienone is 10. The number of carboxylic acid groups (broad SMARTS) is 1. The molecule has 4 N–H and O–H groups in total. The number of rotatable bonds is 41. The van der Waals surface area contributed by atoms with Crippen LogP contribution in [0.1, 0.15) is 181 Å². The van der Waals surface area contributed by atoms with Gasteiger partial charge in [-0.1, -0.05) is 152 Å². The Morgan fingerprint density at radius 1 is 0.534 bits per heavy atom. The Kier molecular flexibility index (Phi) is 38.9. The highest BCUT2D eigenvalue weighted by Crippen LogP contribution is 2.43. The van der Waals surface area contributed by atoms with Crippen LogP contribution in [-0.2, 0) is 37.5 Å². The summed E-state index contributed by atoms with van der Waals surface area (Å²) in [6, 6.07) is -1.53. The van der Waals surface area contributed by atoms with Crippen LogP contribution >= 0.6 is 7.82 Å². The summed E-state index contributed by atoms with van der Waals surface area (Å²) in [5.74, 6) is -2.42. The third-order valence-electron chi connectivity index (χ3n) is 9.24. The quantitative estimate of drug-likeness (QED) is 0.0231. The van der Waals surface area contributed by atoms with E-state index in [4.69, 9.17) is 24.8 Å². The molecule has 12 heteroatoms. The van der Waals surface area contributed by atoms with Crippen LogP contribution < -0.4 is 5.73 Å². The van der Waals surface area contributed by atoms with E-state index >= 15 is 0 Å². The van der Waals surface area contributed by atoms with Gasteiger partial charge < -0.3 is 25.2 Å². The molecule has 0 aliphatic carbocycles. The first-order chi connectivity index (χ1) is 28.1. The molecule has 0 spiro atoms. The molecule has 0 saturated heterocycles. The molecule has 334 valence electrons. The van der Waals surface area contributed by atoms with Gasteiger partial charge in [0.05, 0.1) is 13.2 Å². The molecule has 0 bridgehead atoms. The zero-order valence-corrected chi connectivity index (χ0v) is 37.0. The van der Waals surface area contributed by atoms with E-state index in [9.17, 15) is 23.8 Å². The summed E-state index contributed by atoms with van der Waals surface area (Å²) in [5.41, 5.74) is 5.33. The van der Waals surface area contributed by atoms with E-state index in [-0.39, 0.29) is 19.4 Å². The van der Waals surface area contributed by atoms with Gasteiger partial charge in [-0.2, -0.15) is 0 Å². The smallest absolute Gasteiger partial charge is 0.472 e. The second-order valence-corrected chi connectivity index (χ2v) is 16.3. The fourth-order valence-corrected chi connectivity index (χ4v) is 6.45. The maximum Gasteiger partial charge on any atom is 0.472 e. The van der Waals surface area contributed by atoms with Gasteiger partial charge in [0.2, 0.25) is 0 Å². The van der Waals surface area contributed by atoms with Crippen molar-refractivity contribution in [2.45, 2.75) is 193 Å². The molecular weight excluding hydrogens is 757 g/mol. The second-order valence-electron chi connectivity index (χ2n) is 14.8. The van der Waals surface area contributed by atoms with Crippen molar-refractivity contribution in [1.29, 1.82) is 0 Å². The van der Waals surface area contributed by atoms with Gasteiger partial charge in [-0.15, -0.1) is 0 Å². The third-order valence-corrected chi connectivity index (χ3v) is 10.2. The fourth-order valence-electron chi connectivity index (χ4n) is 5.68. The molecule has 0 aromatic rings. The van der Waals surface area contributed by atoms with Gasteiger partial charge in [0.25, 0.3) is 0 Å². The zero-order chi connectivity index (χ0) is 42.8. The van der Waals surface area contributed by atoms with E-state index in [0.717, 1.165) is 64.2 Å². The maximum atomic E-state index is 12.6. The largest absolute Gasteiger partial charge is 0.480 e. The molecule has 11 nitrogen and oxygen atoms in total. The van der Waals surface area contributed by atoms with Crippen LogP contribution in [0, 0.1) is 0 Å². The number of phosphoric acid groups is 1. The molecule has 3 atom stereocenters. The molecule has 0 heterocycles. The number of aliphatic carboxylic acids is 1. The van der Waals surface area contributed by atoms with Gasteiger partial charge in [0.1, 0.15) is 12.6 Å². The highest BCUT2D eigenvalue weighted by Gasteiger charge is 2.28. The van der Waals surface area contributed by atoms with Gasteiger partial charge in [0.15, 0.2) is 6.10 Å². The van der Waals surface area contributed by atoms with Crippen molar-refractivity contribution >= 4 is 25.7 Å². The van der Waals surface area contributed by atoms with E-state index in [1.54, 1.807) is 0 Å². The number of nitrogens with two attached hydrogens (primary N) is 1. The highest BCUT2D eigenvalue weighted by molar-refractivity contribution is 7.47. The van der Waals surface area contributed by atoms with E-state index < -0.39 is 51.1 Å². The Morgan fingerprint density at radius 2 is 0.931 bits per heavy atom. The first kappa shape index (κ1) is 55.2. The van der Waals surface area contributed by atoms with E-state index in [1.807, 2.05) is 0 Å². The lowest BCUT2D eigenvalue weighted by molar-refractivity contribution is -0.161. The van der Waals surface area contributed by atoms with Crippen LogP contribution in [0.3, 0.4) is 0 Å². The van der Waals surface area contributed by atoms with Crippen LogP contribution in [-0.4, -0.2) is 59.9 Å². The van der Waals surface area contributed by atoms with Gasteiger partial charge in [-0.25, -0.2) is 4.57 Å². The Morgan fingerprint density at radius 3 is 1.45 bits per heavy atom. The van der Waals surface area contributed by atoms with Crippen molar-refractivity contribution in [2.75, 3.05) is 19.8 Å². The van der Waals surface area contributed by atoms with Crippen molar-refractivity contribution < 1.29 is 47.5 Å². The number of carbonyl (C=O) groups excluding carboxylic acids is 2. The van der Waals surface area contributed by atoms with Crippen molar-refractivity contribution in [1.82, 2.24) is 0 Å². The summed E-state index contributed by atoms with van der Waals surface area (Å²) in [6.45, 7) is 2.71. The minimum Gasteiger partial charge on any atom is -0.480 e. The Labute approximate surface area is 351 Å². The molecule has 0 aliphatic rings. The summed E-state index contributed by atoms with van der Waals surface area (Å²) in [4.78, 5) is 46.0. The summed E-state index contributed by atoms with van der Waals surface area (Å²) >= 11 is 0. The van der Waals surface area contributed by atoms with Crippen molar-refractivity contribution in [3.63, 3.8) is 0 Å².